The van der Waals surface area contributed by atoms with Gasteiger partial charge in [0.15, 0.2) is 0 Å². The second-order valence-corrected chi connectivity index (χ2v) is 12.5. The van der Waals surface area contributed by atoms with E-state index in [1.54, 1.807) is 17.0 Å². The summed E-state index contributed by atoms with van der Waals surface area (Å²) in [5.74, 6) is -0.432. The first-order valence-electron chi connectivity index (χ1n) is 15.1. The van der Waals surface area contributed by atoms with E-state index < -0.39 is 23.4 Å². The van der Waals surface area contributed by atoms with E-state index in [9.17, 15) is 22.8 Å². The number of amides is 2. The zero-order valence-corrected chi connectivity index (χ0v) is 26.1. The van der Waals surface area contributed by atoms with Gasteiger partial charge in [0, 0.05) is 70.0 Å². The van der Waals surface area contributed by atoms with Gasteiger partial charge < -0.3 is 24.6 Å². The van der Waals surface area contributed by atoms with Crippen LogP contribution in [0.5, 0.6) is 5.75 Å². The number of anilines is 1. The van der Waals surface area contributed by atoms with Crippen LogP contribution in [0.2, 0.25) is 0 Å². The van der Waals surface area contributed by atoms with E-state index in [0.717, 1.165) is 69.6 Å². The molecule has 14 heteroatoms. The molecule has 0 radical (unpaired) electrons. The van der Waals surface area contributed by atoms with Crippen LogP contribution in [-0.2, 0) is 10.9 Å². The highest BCUT2D eigenvalue weighted by molar-refractivity contribution is 6.05. The maximum absolute atomic E-state index is 13.1. The Morgan fingerprint density at radius 3 is 2.27 bits per heavy atom. The standard InChI is InChI=1S/C31H40F3N7O4/c1-30(2,3)45-29(43)40-16-14-39(15-17-40)13-12-38-10-8-22(9-11-38)41-20-21-18-25(26(44-4)19-24(21)37-41)36-28(42)23-6-5-7-27(35-23)31(32,33)34/h5-7,18-20,22H,8-17H2,1-4H3,(H,36,42). The van der Waals surface area contributed by atoms with Crippen LogP contribution in [0.25, 0.3) is 10.9 Å². The van der Waals surface area contributed by atoms with Crippen molar-refractivity contribution in [3.63, 3.8) is 0 Å². The number of halogens is 3. The first-order chi connectivity index (χ1) is 21.3. The summed E-state index contributed by atoms with van der Waals surface area (Å²) in [4.78, 5) is 35.2. The average molecular weight is 632 g/mol. The number of nitrogens with zero attached hydrogens (tertiary/aromatic N) is 6. The third kappa shape index (κ3) is 8.23. The van der Waals surface area contributed by atoms with Gasteiger partial charge in [0.2, 0.25) is 0 Å². The number of benzene rings is 1. The number of fused-ring (bicyclic) bond motifs is 1. The minimum absolute atomic E-state index is 0.212. The summed E-state index contributed by atoms with van der Waals surface area (Å²) in [6, 6.07) is 6.82. The van der Waals surface area contributed by atoms with Gasteiger partial charge in [-0.3, -0.25) is 14.4 Å². The summed E-state index contributed by atoms with van der Waals surface area (Å²) in [7, 11) is 1.45. The molecule has 11 nitrogen and oxygen atoms in total. The summed E-state index contributed by atoms with van der Waals surface area (Å²) in [5, 5.41) is 8.18. The molecule has 45 heavy (non-hydrogen) atoms. The molecule has 1 aromatic carbocycles. The number of rotatable bonds is 7. The molecule has 2 fully saturated rings. The fourth-order valence-corrected chi connectivity index (χ4v) is 5.60. The zero-order valence-electron chi connectivity index (χ0n) is 26.1. The van der Waals surface area contributed by atoms with Crippen LogP contribution in [0.3, 0.4) is 0 Å². The number of carbonyl (C=O) groups excluding carboxylic acids is 2. The Kier molecular flexibility index (Phi) is 9.54. The van der Waals surface area contributed by atoms with E-state index in [4.69, 9.17) is 14.6 Å². The van der Waals surface area contributed by atoms with Crippen LogP contribution in [0.15, 0.2) is 36.5 Å². The summed E-state index contributed by atoms with van der Waals surface area (Å²) in [6.45, 7) is 12.4. The molecular formula is C31H40F3N7O4. The molecule has 0 atom stereocenters. The van der Waals surface area contributed by atoms with Crippen LogP contribution >= 0.6 is 0 Å². The van der Waals surface area contributed by atoms with Gasteiger partial charge in [-0.05, 0) is 51.8 Å². The molecule has 4 heterocycles. The minimum Gasteiger partial charge on any atom is -0.494 e. The van der Waals surface area contributed by atoms with Crippen molar-refractivity contribution < 1.29 is 32.2 Å². The van der Waals surface area contributed by atoms with Crippen molar-refractivity contribution in [3.8, 4) is 5.75 Å². The predicted octanol–water partition coefficient (Wildman–Crippen LogP) is 4.90. The van der Waals surface area contributed by atoms with E-state index in [0.29, 0.717) is 30.0 Å². The van der Waals surface area contributed by atoms with Gasteiger partial charge in [-0.2, -0.15) is 18.3 Å². The smallest absolute Gasteiger partial charge is 0.433 e. The highest BCUT2D eigenvalue weighted by atomic mass is 19.4. The van der Waals surface area contributed by atoms with Crippen molar-refractivity contribution in [2.24, 2.45) is 0 Å². The van der Waals surface area contributed by atoms with E-state index in [-0.39, 0.29) is 17.8 Å². The van der Waals surface area contributed by atoms with Crippen molar-refractivity contribution in [2.45, 2.75) is 51.4 Å². The molecule has 2 saturated heterocycles. The van der Waals surface area contributed by atoms with E-state index in [2.05, 4.69) is 20.1 Å². The Hall–Kier alpha value is -3.91. The number of piperazine rings is 1. The number of likely N-dealkylation sites (tertiary alicyclic amines) is 1. The molecule has 2 aliphatic heterocycles. The van der Waals surface area contributed by atoms with E-state index in [1.807, 2.05) is 31.6 Å². The van der Waals surface area contributed by atoms with Gasteiger partial charge in [-0.25, -0.2) is 9.78 Å². The van der Waals surface area contributed by atoms with Gasteiger partial charge in [0.25, 0.3) is 5.91 Å². The predicted molar refractivity (Wildman–Crippen MR) is 162 cm³/mol. The topological polar surface area (TPSA) is 105 Å². The lowest BCUT2D eigenvalue weighted by atomic mass is 10.1. The van der Waals surface area contributed by atoms with Gasteiger partial charge in [0.1, 0.15) is 22.7 Å². The Balaban J connectivity index is 1.14. The van der Waals surface area contributed by atoms with Crippen molar-refractivity contribution in [1.82, 2.24) is 29.5 Å². The Morgan fingerprint density at radius 2 is 1.64 bits per heavy atom. The first kappa shape index (κ1) is 32.5. The molecule has 2 aromatic heterocycles. The Bertz CT molecular complexity index is 1510. The average Bonchev–Trinajstić information content (AvgIpc) is 3.42. The largest absolute Gasteiger partial charge is 0.494 e. The number of alkyl halides is 3. The van der Waals surface area contributed by atoms with Crippen molar-refractivity contribution >= 4 is 28.6 Å². The third-order valence-electron chi connectivity index (χ3n) is 8.05. The number of methoxy groups -OCH3 is 1. The molecule has 0 aliphatic carbocycles. The first-order valence-corrected chi connectivity index (χ1v) is 15.1. The van der Waals surface area contributed by atoms with E-state index >= 15 is 0 Å². The van der Waals surface area contributed by atoms with Crippen LogP contribution < -0.4 is 10.1 Å². The fraction of sp³-hybridized carbons (Fsp3) is 0.548. The molecule has 5 rings (SSSR count). The summed E-state index contributed by atoms with van der Waals surface area (Å²) >= 11 is 0. The fourth-order valence-electron chi connectivity index (χ4n) is 5.60. The molecule has 2 aliphatic rings. The highest BCUT2D eigenvalue weighted by Gasteiger charge is 2.33. The molecule has 0 spiro atoms. The quantitative estimate of drug-likeness (QED) is 0.393. The molecule has 2 amide bonds. The lowest BCUT2D eigenvalue weighted by Gasteiger charge is -2.37. The third-order valence-corrected chi connectivity index (χ3v) is 8.05. The maximum Gasteiger partial charge on any atom is 0.433 e. The van der Waals surface area contributed by atoms with Crippen LogP contribution in [-0.4, -0.2) is 107 Å². The number of hydrogen-bond acceptors (Lipinski definition) is 8. The Labute approximate surface area is 260 Å². The molecule has 0 saturated carbocycles. The number of carbonyl (C=O) groups is 2. The molecule has 0 unspecified atom stereocenters. The molecule has 0 bridgehead atoms. The molecule has 1 N–H and O–H groups in total. The number of hydrogen-bond donors (Lipinski definition) is 1. The van der Waals surface area contributed by atoms with Crippen LogP contribution in [0.4, 0.5) is 23.7 Å². The normalized spacial score (nSPS) is 17.4. The maximum atomic E-state index is 13.1. The SMILES string of the molecule is COc1cc2nn(C3CCN(CCN4CCN(C(=O)OC(C)(C)C)CC4)CC3)cc2cc1NC(=O)c1cccc(C(F)(F)F)n1. The van der Waals surface area contributed by atoms with Crippen molar-refractivity contribution in [1.29, 1.82) is 0 Å². The van der Waals surface area contributed by atoms with E-state index in [1.165, 1.54) is 13.2 Å². The van der Waals surface area contributed by atoms with Crippen molar-refractivity contribution in [2.75, 3.05) is 64.8 Å². The monoisotopic (exact) mass is 631 g/mol. The lowest BCUT2D eigenvalue weighted by molar-refractivity contribution is -0.141. The van der Waals surface area contributed by atoms with Gasteiger partial charge in [-0.1, -0.05) is 6.07 Å². The highest BCUT2D eigenvalue weighted by Crippen LogP contribution is 2.33. The summed E-state index contributed by atoms with van der Waals surface area (Å²) < 4.78 is 52.1. The van der Waals surface area contributed by atoms with Gasteiger partial charge in [0.05, 0.1) is 24.4 Å². The molecular weight excluding hydrogens is 591 g/mol. The summed E-state index contributed by atoms with van der Waals surface area (Å²) in [6.07, 6.45) is -1.11. The van der Waals surface area contributed by atoms with Crippen LogP contribution in [0, 0.1) is 0 Å². The lowest BCUT2D eigenvalue weighted by Crippen LogP contribution is -2.51. The number of nitrogens with one attached hydrogen (secondary N) is 1. The second kappa shape index (κ2) is 13.2. The van der Waals surface area contributed by atoms with Gasteiger partial charge in [-0.15, -0.1) is 0 Å². The molecule has 244 valence electrons. The van der Waals surface area contributed by atoms with Gasteiger partial charge >= 0.3 is 12.3 Å². The number of ether oxygens (including phenoxy) is 2. The summed E-state index contributed by atoms with van der Waals surface area (Å²) in [5.41, 5.74) is -0.973. The number of piperidine rings is 1. The zero-order chi connectivity index (χ0) is 32.4. The van der Waals surface area contributed by atoms with Crippen LogP contribution in [0.1, 0.15) is 55.8 Å². The number of aromatic nitrogens is 3. The van der Waals surface area contributed by atoms with Crippen molar-refractivity contribution in [3.05, 3.63) is 47.9 Å². The minimum atomic E-state index is -4.65. The molecule has 3 aromatic rings. The Morgan fingerprint density at radius 1 is 0.978 bits per heavy atom. The number of pyridine rings is 1. The second-order valence-electron chi connectivity index (χ2n) is 12.5.